The minimum absolute atomic E-state index is 0.626. The molecule has 2 saturated carbocycles. The van der Waals surface area contributed by atoms with Gasteiger partial charge in [-0.2, -0.15) is 0 Å². The molecule has 2 fully saturated rings. The van der Waals surface area contributed by atoms with Gasteiger partial charge in [0.2, 0.25) is 0 Å². The van der Waals surface area contributed by atoms with Crippen LogP contribution in [0.4, 0.5) is 0 Å². The second-order valence-corrected chi connectivity index (χ2v) is 7.15. The third kappa shape index (κ3) is 5.43. The molecule has 3 unspecified atom stereocenters. The fraction of sp³-hybridized carbons (Fsp3) is 1.00. The van der Waals surface area contributed by atoms with E-state index in [1.165, 1.54) is 64.5 Å². The molecule has 112 valence electrons. The Morgan fingerprint density at radius 2 is 1.74 bits per heavy atom. The molecule has 2 N–H and O–H groups in total. The van der Waals surface area contributed by atoms with Crippen LogP contribution in [-0.2, 0) is 0 Å². The summed E-state index contributed by atoms with van der Waals surface area (Å²) >= 11 is 0. The highest BCUT2D eigenvalue weighted by Crippen LogP contribution is 2.42. The SMILES string of the molecule is CC(C)NCCCNCC1CCC2CCCCC2C1. The molecule has 0 aromatic rings. The standard InChI is InChI=1S/C17H34N2/c1-14(2)19-11-5-10-18-13-15-8-9-16-6-3-4-7-17(16)12-15/h14-19H,3-13H2,1-2H3. The topological polar surface area (TPSA) is 24.1 Å². The maximum Gasteiger partial charge on any atom is 0.00103 e. The zero-order valence-corrected chi connectivity index (χ0v) is 13.1. The summed E-state index contributed by atoms with van der Waals surface area (Å²) in [6.45, 7) is 8.04. The van der Waals surface area contributed by atoms with Crippen LogP contribution in [0.1, 0.15) is 65.2 Å². The number of rotatable bonds is 7. The molecule has 0 aliphatic heterocycles. The Labute approximate surface area is 120 Å². The highest BCUT2D eigenvalue weighted by Gasteiger charge is 2.31. The zero-order chi connectivity index (χ0) is 13.5. The lowest BCUT2D eigenvalue weighted by molar-refractivity contribution is 0.129. The van der Waals surface area contributed by atoms with Gasteiger partial charge in [-0.05, 0) is 63.1 Å². The van der Waals surface area contributed by atoms with Crippen molar-refractivity contribution < 1.29 is 0 Å². The number of nitrogens with one attached hydrogen (secondary N) is 2. The number of fused-ring (bicyclic) bond motifs is 1. The van der Waals surface area contributed by atoms with E-state index in [0.29, 0.717) is 6.04 Å². The highest BCUT2D eigenvalue weighted by molar-refractivity contribution is 4.83. The van der Waals surface area contributed by atoms with Gasteiger partial charge in [0.1, 0.15) is 0 Å². The fourth-order valence-corrected chi connectivity index (χ4v) is 4.07. The van der Waals surface area contributed by atoms with Gasteiger partial charge in [0, 0.05) is 6.04 Å². The molecular formula is C17H34N2. The van der Waals surface area contributed by atoms with E-state index in [-0.39, 0.29) is 0 Å². The lowest BCUT2D eigenvalue weighted by atomic mass is 9.67. The summed E-state index contributed by atoms with van der Waals surface area (Å²) in [6.07, 6.45) is 11.9. The Morgan fingerprint density at radius 1 is 0.947 bits per heavy atom. The summed E-state index contributed by atoms with van der Waals surface area (Å²) in [7, 11) is 0. The van der Waals surface area contributed by atoms with Crippen molar-refractivity contribution in [2.24, 2.45) is 17.8 Å². The van der Waals surface area contributed by atoms with E-state index >= 15 is 0 Å². The van der Waals surface area contributed by atoms with E-state index in [1.807, 2.05) is 0 Å². The second kappa shape index (κ2) is 8.26. The largest absolute Gasteiger partial charge is 0.316 e. The molecule has 0 spiro atoms. The van der Waals surface area contributed by atoms with Crippen LogP contribution < -0.4 is 10.6 Å². The first kappa shape index (κ1) is 15.3. The van der Waals surface area contributed by atoms with E-state index in [9.17, 15) is 0 Å². The zero-order valence-electron chi connectivity index (χ0n) is 13.1. The smallest absolute Gasteiger partial charge is 0.00103 e. The van der Waals surface area contributed by atoms with Crippen molar-refractivity contribution in [3.05, 3.63) is 0 Å². The summed E-state index contributed by atoms with van der Waals surface area (Å²) in [5, 5.41) is 7.17. The van der Waals surface area contributed by atoms with E-state index in [4.69, 9.17) is 0 Å². The van der Waals surface area contributed by atoms with Gasteiger partial charge in [0.05, 0.1) is 0 Å². The molecule has 2 nitrogen and oxygen atoms in total. The molecule has 0 heterocycles. The van der Waals surface area contributed by atoms with Crippen LogP contribution >= 0.6 is 0 Å². The third-order valence-electron chi connectivity index (χ3n) is 5.16. The van der Waals surface area contributed by atoms with Gasteiger partial charge >= 0.3 is 0 Å². The van der Waals surface area contributed by atoms with Crippen LogP contribution in [0.5, 0.6) is 0 Å². The summed E-state index contributed by atoms with van der Waals surface area (Å²) in [5.74, 6) is 3.15. The van der Waals surface area contributed by atoms with E-state index in [0.717, 1.165) is 24.3 Å². The van der Waals surface area contributed by atoms with Crippen molar-refractivity contribution in [1.82, 2.24) is 10.6 Å². The first-order valence-electron chi connectivity index (χ1n) is 8.70. The Balaban J connectivity index is 1.52. The van der Waals surface area contributed by atoms with Gasteiger partial charge in [0.15, 0.2) is 0 Å². The van der Waals surface area contributed by atoms with Gasteiger partial charge in [-0.3, -0.25) is 0 Å². The Kier molecular flexibility index (Phi) is 6.66. The predicted octanol–water partition coefficient (Wildman–Crippen LogP) is 3.57. The van der Waals surface area contributed by atoms with Crippen LogP contribution in [0, 0.1) is 17.8 Å². The average Bonchev–Trinajstić information content (AvgIpc) is 2.42. The lowest BCUT2D eigenvalue weighted by Gasteiger charge is -2.39. The fourth-order valence-electron chi connectivity index (χ4n) is 4.07. The van der Waals surface area contributed by atoms with Crippen molar-refractivity contribution in [3.63, 3.8) is 0 Å². The highest BCUT2D eigenvalue weighted by atomic mass is 14.9. The third-order valence-corrected chi connectivity index (χ3v) is 5.16. The van der Waals surface area contributed by atoms with Crippen molar-refractivity contribution >= 4 is 0 Å². The van der Waals surface area contributed by atoms with E-state index < -0.39 is 0 Å². The number of hydrogen-bond donors (Lipinski definition) is 2. The monoisotopic (exact) mass is 266 g/mol. The summed E-state index contributed by atoms with van der Waals surface area (Å²) in [4.78, 5) is 0. The Hall–Kier alpha value is -0.0800. The first-order chi connectivity index (χ1) is 9.25. The van der Waals surface area contributed by atoms with Crippen molar-refractivity contribution in [3.8, 4) is 0 Å². The molecule has 0 aromatic carbocycles. The van der Waals surface area contributed by atoms with Gasteiger partial charge < -0.3 is 10.6 Å². The first-order valence-corrected chi connectivity index (χ1v) is 8.70. The average molecular weight is 266 g/mol. The minimum atomic E-state index is 0.626. The van der Waals surface area contributed by atoms with E-state index in [2.05, 4.69) is 24.5 Å². The summed E-state index contributed by atoms with van der Waals surface area (Å²) in [5.41, 5.74) is 0. The molecule has 2 heteroatoms. The van der Waals surface area contributed by atoms with Gasteiger partial charge in [-0.25, -0.2) is 0 Å². The van der Waals surface area contributed by atoms with Crippen LogP contribution in [0.15, 0.2) is 0 Å². The molecule has 0 amide bonds. The molecule has 2 aliphatic carbocycles. The quantitative estimate of drug-likeness (QED) is 0.688. The molecule has 0 bridgehead atoms. The van der Waals surface area contributed by atoms with Crippen LogP contribution in [-0.4, -0.2) is 25.7 Å². The molecule has 3 atom stereocenters. The van der Waals surface area contributed by atoms with Crippen LogP contribution in [0.2, 0.25) is 0 Å². The Bertz CT molecular complexity index is 239. The van der Waals surface area contributed by atoms with Crippen molar-refractivity contribution in [2.75, 3.05) is 19.6 Å². The van der Waals surface area contributed by atoms with Crippen molar-refractivity contribution in [1.29, 1.82) is 0 Å². The van der Waals surface area contributed by atoms with Gasteiger partial charge in [-0.15, -0.1) is 0 Å². The maximum absolute atomic E-state index is 3.68. The number of hydrogen-bond acceptors (Lipinski definition) is 2. The van der Waals surface area contributed by atoms with E-state index in [1.54, 1.807) is 0 Å². The maximum atomic E-state index is 3.68. The predicted molar refractivity (Wildman–Crippen MR) is 83.4 cm³/mol. The second-order valence-electron chi connectivity index (χ2n) is 7.15. The van der Waals surface area contributed by atoms with Gasteiger partial charge in [0.25, 0.3) is 0 Å². The molecule has 0 saturated heterocycles. The summed E-state index contributed by atoms with van der Waals surface area (Å²) < 4.78 is 0. The molecular weight excluding hydrogens is 232 g/mol. The lowest BCUT2D eigenvalue weighted by Crippen LogP contribution is -2.34. The minimum Gasteiger partial charge on any atom is -0.316 e. The normalized spacial score (nSPS) is 31.4. The molecule has 0 radical (unpaired) electrons. The van der Waals surface area contributed by atoms with Crippen LogP contribution in [0.3, 0.4) is 0 Å². The molecule has 0 aromatic heterocycles. The van der Waals surface area contributed by atoms with Gasteiger partial charge in [-0.1, -0.05) is 39.5 Å². The van der Waals surface area contributed by atoms with Crippen LogP contribution in [0.25, 0.3) is 0 Å². The molecule has 19 heavy (non-hydrogen) atoms. The molecule has 2 aliphatic rings. The molecule has 2 rings (SSSR count). The Morgan fingerprint density at radius 3 is 2.53 bits per heavy atom. The van der Waals surface area contributed by atoms with Crippen molar-refractivity contribution in [2.45, 2.75) is 71.3 Å². The summed E-state index contributed by atoms with van der Waals surface area (Å²) in [6, 6.07) is 0.626.